The molecule has 9 nitrogen and oxygen atoms in total. The molecule has 3 aromatic rings. The number of anilines is 1. The molecule has 1 saturated carbocycles. The van der Waals surface area contributed by atoms with Crippen molar-refractivity contribution in [2.24, 2.45) is 5.73 Å². The van der Waals surface area contributed by atoms with Gasteiger partial charge in [-0.3, -0.25) is 4.79 Å². The van der Waals surface area contributed by atoms with Gasteiger partial charge >= 0.3 is 6.09 Å². The molecular formula is C26H26BrF2N5O4. The van der Waals surface area contributed by atoms with Crippen molar-refractivity contribution < 1.29 is 28.2 Å². The highest BCUT2D eigenvalue weighted by atomic mass is 79.9. The molecule has 200 valence electrons. The van der Waals surface area contributed by atoms with Crippen LogP contribution >= 0.6 is 15.9 Å². The number of halogens is 3. The van der Waals surface area contributed by atoms with Crippen LogP contribution in [-0.2, 0) is 4.74 Å². The summed E-state index contributed by atoms with van der Waals surface area (Å²) in [5.41, 5.74) is 12.5. The number of primary amides is 1. The standard InChI is InChI=1S/C26H26BrF2N5O4/c27-16-7-15(8-17(28)10-16)22(12-35)34-25(36)19-6-3-14(9-20(19)29)23-24(30)32-11-21(33-23)13-1-4-18(5-2-13)38-26(31)37/h3,6-11,13,18,22,35H,1-2,4-5,12H2,(H2,30,32)(H2,31,37)(H,34,36)/t13-,18-,22-/m1/s1. The molecule has 6 N–H and O–H groups in total. The van der Waals surface area contributed by atoms with Gasteiger partial charge in [0, 0.05) is 16.0 Å². The number of nitrogen functional groups attached to an aromatic ring is 1. The minimum absolute atomic E-state index is 0.0581. The second-order valence-corrected chi connectivity index (χ2v) is 9.96. The molecule has 0 saturated heterocycles. The Balaban J connectivity index is 1.51. The number of benzene rings is 2. The van der Waals surface area contributed by atoms with E-state index in [1.54, 1.807) is 12.3 Å². The number of carbonyl (C=O) groups excluding carboxylic acids is 2. The van der Waals surface area contributed by atoms with Crippen LogP contribution in [0.5, 0.6) is 0 Å². The summed E-state index contributed by atoms with van der Waals surface area (Å²) >= 11 is 3.17. The molecule has 0 bridgehead atoms. The molecule has 0 spiro atoms. The highest BCUT2D eigenvalue weighted by Crippen LogP contribution is 2.35. The predicted octanol–water partition coefficient (Wildman–Crippen LogP) is 4.35. The number of carbonyl (C=O) groups is 2. The Morgan fingerprint density at radius 2 is 1.89 bits per heavy atom. The van der Waals surface area contributed by atoms with E-state index in [0.717, 1.165) is 6.07 Å². The van der Waals surface area contributed by atoms with Crippen molar-refractivity contribution >= 4 is 33.7 Å². The molecule has 0 aliphatic heterocycles. The Hall–Kier alpha value is -3.64. The van der Waals surface area contributed by atoms with Crippen molar-refractivity contribution in [2.75, 3.05) is 12.3 Å². The quantitative estimate of drug-likeness (QED) is 0.319. The molecule has 1 aromatic heterocycles. The lowest BCUT2D eigenvalue weighted by molar-refractivity contribution is 0.0783. The van der Waals surface area contributed by atoms with Crippen LogP contribution in [0.1, 0.15) is 59.3 Å². The summed E-state index contributed by atoms with van der Waals surface area (Å²) in [7, 11) is 0. The Labute approximate surface area is 225 Å². The van der Waals surface area contributed by atoms with Gasteiger partial charge in [-0.05, 0) is 61.6 Å². The number of amides is 2. The highest BCUT2D eigenvalue weighted by Gasteiger charge is 2.26. The number of hydrogen-bond acceptors (Lipinski definition) is 7. The number of ether oxygens (including phenoxy) is 1. The Bertz CT molecular complexity index is 1330. The molecular weight excluding hydrogens is 564 g/mol. The van der Waals surface area contributed by atoms with E-state index in [9.17, 15) is 19.1 Å². The maximum Gasteiger partial charge on any atom is 0.404 e. The predicted molar refractivity (Wildman–Crippen MR) is 139 cm³/mol. The first kappa shape index (κ1) is 27.4. The minimum Gasteiger partial charge on any atom is -0.446 e. The monoisotopic (exact) mass is 589 g/mol. The molecule has 38 heavy (non-hydrogen) atoms. The first-order valence-electron chi connectivity index (χ1n) is 11.9. The number of aromatic nitrogens is 2. The first-order valence-corrected chi connectivity index (χ1v) is 12.7. The van der Waals surface area contributed by atoms with E-state index in [4.69, 9.17) is 16.2 Å². The average molecular weight is 590 g/mol. The van der Waals surface area contributed by atoms with Crippen LogP contribution in [0.25, 0.3) is 11.3 Å². The molecule has 1 heterocycles. The number of aliphatic hydroxyl groups excluding tert-OH is 1. The van der Waals surface area contributed by atoms with Crippen molar-refractivity contribution in [3.63, 3.8) is 0 Å². The third-order valence-electron chi connectivity index (χ3n) is 6.46. The van der Waals surface area contributed by atoms with Gasteiger partial charge in [-0.15, -0.1) is 0 Å². The van der Waals surface area contributed by atoms with Crippen LogP contribution in [0.4, 0.5) is 19.4 Å². The van der Waals surface area contributed by atoms with E-state index in [1.807, 2.05) is 0 Å². The lowest BCUT2D eigenvalue weighted by Gasteiger charge is -2.27. The van der Waals surface area contributed by atoms with Crippen LogP contribution in [0.15, 0.2) is 47.1 Å². The minimum atomic E-state index is -0.949. The summed E-state index contributed by atoms with van der Waals surface area (Å²) in [4.78, 5) is 32.6. The van der Waals surface area contributed by atoms with Gasteiger partial charge in [0.1, 0.15) is 29.3 Å². The van der Waals surface area contributed by atoms with Gasteiger partial charge in [0.25, 0.3) is 5.91 Å². The second-order valence-electron chi connectivity index (χ2n) is 9.05. The zero-order chi connectivity index (χ0) is 27.4. The number of nitrogens with zero attached hydrogens (tertiary/aromatic N) is 2. The van der Waals surface area contributed by atoms with Crippen molar-refractivity contribution in [2.45, 2.75) is 43.7 Å². The fourth-order valence-corrected chi connectivity index (χ4v) is 5.04. The zero-order valence-corrected chi connectivity index (χ0v) is 21.8. The van der Waals surface area contributed by atoms with E-state index >= 15 is 4.39 Å². The maximum atomic E-state index is 15.1. The third kappa shape index (κ3) is 6.43. The lowest BCUT2D eigenvalue weighted by atomic mass is 9.85. The number of nitrogens with one attached hydrogen (secondary N) is 1. The van der Waals surface area contributed by atoms with Crippen molar-refractivity contribution in [1.82, 2.24) is 15.3 Å². The molecule has 2 aromatic carbocycles. The topological polar surface area (TPSA) is 153 Å². The smallest absolute Gasteiger partial charge is 0.404 e. The molecule has 2 amide bonds. The van der Waals surface area contributed by atoms with Gasteiger partial charge in [0.2, 0.25) is 0 Å². The summed E-state index contributed by atoms with van der Waals surface area (Å²) in [6.07, 6.45) is 3.23. The van der Waals surface area contributed by atoms with Crippen molar-refractivity contribution in [3.05, 3.63) is 75.5 Å². The van der Waals surface area contributed by atoms with Crippen LogP contribution in [-0.4, -0.2) is 39.8 Å². The van der Waals surface area contributed by atoms with Gasteiger partial charge in [0.15, 0.2) is 0 Å². The van der Waals surface area contributed by atoms with Crippen molar-refractivity contribution in [3.8, 4) is 11.3 Å². The first-order chi connectivity index (χ1) is 18.1. The zero-order valence-electron chi connectivity index (χ0n) is 20.2. The SMILES string of the molecule is NC(=O)O[C@H]1CC[C@H](c2cnc(N)c(-c3ccc(C(=O)N[C@H](CO)c4cc(F)cc(Br)c4)c(F)c3)n2)CC1. The highest BCUT2D eigenvalue weighted by molar-refractivity contribution is 9.10. The average Bonchev–Trinajstić information content (AvgIpc) is 2.87. The van der Waals surface area contributed by atoms with E-state index < -0.39 is 36.3 Å². The Kier molecular flexibility index (Phi) is 8.52. The number of nitrogens with two attached hydrogens (primary N) is 2. The van der Waals surface area contributed by atoms with E-state index in [2.05, 4.69) is 31.2 Å². The molecule has 1 aliphatic rings. The largest absolute Gasteiger partial charge is 0.446 e. The Morgan fingerprint density at radius 1 is 1.16 bits per heavy atom. The Morgan fingerprint density at radius 3 is 2.53 bits per heavy atom. The summed E-state index contributed by atoms with van der Waals surface area (Å²) in [5, 5.41) is 12.3. The molecule has 1 fully saturated rings. The molecule has 0 unspecified atom stereocenters. The maximum absolute atomic E-state index is 15.1. The van der Waals surface area contributed by atoms with E-state index in [1.165, 1.54) is 24.3 Å². The van der Waals surface area contributed by atoms with E-state index in [0.29, 0.717) is 47.0 Å². The van der Waals surface area contributed by atoms with Gasteiger partial charge in [-0.25, -0.2) is 23.5 Å². The number of aliphatic hydroxyl groups is 1. The third-order valence-corrected chi connectivity index (χ3v) is 6.91. The summed E-state index contributed by atoms with van der Waals surface area (Å²) < 4.78 is 34.4. The summed E-state index contributed by atoms with van der Waals surface area (Å²) in [6.45, 7) is -0.517. The molecule has 12 heteroatoms. The van der Waals surface area contributed by atoms with Crippen LogP contribution < -0.4 is 16.8 Å². The summed E-state index contributed by atoms with van der Waals surface area (Å²) in [5.74, 6) is -1.99. The normalized spacial score (nSPS) is 18.0. The number of rotatable bonds is 7. The van der Waals surface area contributed by atoms with Gasteiger partial charge in [-0.2, -0.15) is 0 Å². The molecule has 0 radical (unpaired) electrons. The molecule has 4 rings (SSSR count). The van der Waals surface area contributed by atoms with Gasteiger partial charge in [0.05, 0.1) is 30.1 Å². The van der Waals surface area contributed by atoms with E-state index in [-0.39, 0.29) is 29.1 Å². The summed E-state index contributed by atoms with van der Waals surface area (Å²) in [6, 6.07) is 6.96. The van der Waals surface area contributed by atoms with Crippen molar-refractivity contribution in [1.29, 1.82) is 0 Å². The molecule has 1 aliphatic carbocycles. The fraction of sp³-hybridized carbons (Fsp3) is 0.308. The van der Waals surface area contributed by atoms with Crippen LogP contribution in [0, 0.1) is 11.6 Å². The van der Waals surface area contributed by atoms with Gasteiger partial charge < -0.3 is 26.6 Å². The second kappa shape index (κ2) is 11.8. The van der Waals surface area contributed by atoms with Crippen LogP contribution in [0.2, 0.25) is 0 Å². The lowest BCUT2D eigenvalue weighted by Crippen LogP contribution is -2.31. The number of hydrogen-bond donors (Lipinski definition) is 4. The fourth-order valence-electron chi connectivity index (χ4n) is 4.56. The van der Waals surface area contributed by atoms with Gasteiger partial charge in [-0.1, -0.05) is 22.0 Å². The van der Waals surface area contributed by atoms with Crippen LogP contribution in [0.3, 0.4) is 0 Å². The molecule has 1 atom stereocenters.